The third kappa shape index (κ3) is 4.51. The minimum Gasteiger partial charge on any atom is -0.339 e. The summed E-state index contributed by atoms with van der Waals surface area (Å²) in [4.78, 5) is 7.06. The predicted molar refractivity (Wildman–Crippen MR) is 84.5 cm³/mol. The fourth-order valence-electron chi connectivity index (χ4n) is 3.27. The van der Waals surface area contributed by atoms with Gasteiger partial charge in [-0.15, -0.1) is 0 Å². The maximum Gasteiger partial charge on any atom is 0.231 e. The summed E-state index contributed by atoms with van der Waals surface area (Å²) in [6, 6.07) is 0.476. The number of likely N-dealkylation sites (N-methyl/N-ethyl adjacent to an activating group) is 2. The van der Waals surface area contributed by atoms with E-state index in [-0.39, 0.29) is 0 Å². The zero-order valence-corrected chi connectivity index (χ0v) is 13.8. The molecule has 2 atom stereocenters. The first-order chi connectivity index (χ1) is 10.3. The van der Waals surface area contributed by atoms with Crippen LogP contribution < -0.4 is 5.32 Å². The highest BCUT2D eigenvalue weighted by Crippen LogP contribution is 2.30. The van der Waals surface area contributed by atoms with Crippen LogP contribution in [0.3, 0.4) is 0 Å². The summed E-state index contributed by atoms with van der Waals surface area (Å²) < 4.78 is 5.57. The molecule has 1 saturated carbocycles. The van der Waals surface area contributed by atoms with Crippen LogP contribution in [0.15, 0.2) is 4.52 Å². The molecule has 2 unspecified atom stereocenters. The van der Waals surface area contributed by atoms with Crippen molar-refractivity contribution in [2.45, 2.75) is 64.3 Å². The molecule has 1 fully saturated rings. The van der Waals surface area contributed by atoms with Gasteiger partial charge in [-0.1, -0.05) is 38.3 Å². The number of nitrogens with zero attached hydrogens (tertiary/aromatic N) is 3. The normalized spacial score (nSPS) is 23.4. The number of hydrogen-bond donors (Lipinski definition) is 1. The standard InChI is InChI=1S/C16H30N4O/c1-4-20(5-2)12-11-15-18-16(21-19-15)13-9-7-6-8-10-14(13)17-3/h13-14,17H,4-12H2,1-3H3. The lowest BCUT2D eigenvalue weighted by Crippen LogP contribution is -2.31. The van der Waals surface area contributed by atoms with E-state index in [0.29, 0.717) is 12.0 Å². The Hall–Kier alpha value is -0.940. The lowest BCUT2D eigenvalue weighted by molar-refractivity contribution is 0.297. The second-order valence-corrected chi connectivity index (χ2v) is 5.97. The van der Waals surface area contributed by atoms with E-state index in [0.717, 1.165) is 44.2 Å². The maximum absolute atomic E-state index is 5.57. The van der Waals surface area contributed by atoms with Crippen molar-refractivity contribution in [3.05, 3.63) is 11.7 Å². The van der Waals surface area contributed by atoms with Gasteiger partial charge in [0.05, 0.1) is 5.92 Å². The van der Waals surface area contributed by atoms with Crippen molar-refractivity contribution in [2.24, 2.45) is 0 Å². The van der Waals surface area contributed by atoms with Crippen molar-refractivity contribution in [1.82, 2.24) is 20.4 Å². The molecule has 1 N–H and O–H groups in total. The number of aromatic nitrogens is 2. The molecule has 0 saturated heterocycles. The van der Waals surface area contributed by atoms with E-state index < -0.39 is 0 Å². The Morgan fingerprint density at radius 3 is 2.67 bits per heavy atom. The minimum atomic E-state index is 0.382. The quantitative estimate of drug-likeness (QED) is 0.783. The van der Waals surface area contributed by atoms with Crippen LogP contribution in [-0.4, -0.2) is 47.8 Å². The summed E-state index contributed by atoms with van der Waals surface area (Å²) in [5.74, 6) is 2.08. The van der Waals surface area contributed by atoms with Gasteiger partial charge in [-0.25, -0.2) is 0 Å². The summed E-state index contributed by atoms with van der Waals surface area (Å²) in [5, 5.41) is 7.62. The van der Waals surface area contributed by atoms with Gasteiger partial charge in [-0.2, -0.15) is 4.98 Å². The molecule has 1 aliphatic carbocycles. The molecule has 2 rings (SSSR count). The highest BCUT2D eigenvalue weighted by molar-refractivity contribution is 5.00. The van der Waals surface area contributed by atoms with Crippen LogP contribution in [-0.2, 0) is 6.42 Å². The van der Waals surface area contributed by atoms with Crippen molar-refractivity contribution in [3.63, 3.8) is 0 Å². The lowest BCUT2D eigenvalue weighted by Gasteiger charge is -2.21. The van der Waals surface area contributed by atoms with E-state index in [1.807, 2.05) is 7.05 Å². The number of nitrogens with one attached hydrogen (secondary N) is 1. The van der Waals surface area contributed by atoms with Gasteiger partial charge in [0.2, 0.25) is 5.89 Å². The van der Waals surface area contributed by atoms with E-state index in [4.69, 9.17) is 4.52 Å². The van der Waals surface area contributed by atoms with Crippen LogP contribution in [0.4, 0.5) is 0 Å². The fourth-order valence-corrected chi connectivity index (χ4v) is 3.27. The second kappa shape index (κ2) is 8.49. The van der Waals surface area contributed by atoms with Gasteiger partial charge in [-0.3, -0.25) is 0 Å². The van der Waals surface area contributed by atoms with Gasteiger partial charge >= 0.3 is 0 Å². The Labute approximate surface area is 128 Å². The molecule has 0 radical (unpaired) electrons. The summed E-state index contributed by atoms with van der Waals surface area (Å²) in [6.45, 7) is 7.53. The summed E-state index contributed by atoms with van der Waals surface area (Å²) in [6.07, 6.45) is 7.12. The Kier molecular flexibility index (Phi) is 6.64. The van der Waals surface area contributed by atoms with E-state index in [2.05, 4.69) is 34.2 Å². The molecular formula is C16H30N4O. The Morgan fingerprint density at radius 1 is 1.19 bits per heavy atom. The van der Waals surface area contributed by atoms with Crippen LogP contribution in [0.1, 0.15) is 63.6 Å². The first-order valence-electron chi connectivity index (χ1n) is 8.50. The molecule has 5 nitrogen and oxygen atoms in total. The monoisotopic (exact) mass is 294 g/mol. The molecule has 0 spiro atoms. The van der Waals surface area contributed by atoms with Crippen molar-refractivity contribution in [2.75, 3.05) is 26.7 Å². The number of rotatable bonds is 7. The molecule has 120 valence electrons. The predicted octanol–water partition coefficient (Wildman–Crippen LogP) is 2.59. The van der Waals surface area contributed by atoms with Gasteiger partial charge in [-0.05, 0) is 33.0 Å². The molecule has 5 heteroatoms. The third-order valence-corrected chi connectivity index (χ3v) is 4.73. The summed E-state index contributed by atoms with van der Waals surface area (Å²) >= 11 is 0. The second-order valence-electron chi connectivity index (χ2n) is 5.97. The van der Waals surface area contributed by atoms with Gasteiger partial charge in [0, 0.05) is 19.0 Å². The smallest absolute Gasteiger partial charge is 0.231 e. The van der Waals surface area contributed by atoms with Crippen molar-refractivity contribution in [1.29, 1.82) is 0 Å². The first kappa shape index (κ1) is 16.4. The van der Waals surface area contributed by atoms with Crippen molar-refractivity contribution in [3.8, 4) is 0 Å². The molecule has 0 aliphatic heterocycles. The summed E-state index contributed by atoms with van der Waals surface area (Å²) in [7, 11) is 2.04. The molecule has 21 heavy (non-hydrogen) atoms. The zero-order chi connectivity index (χ0) is 15.1. The van der Waals surface area contributed by atoms with E-state index in [9.17, 15) is 0 Å². The molecule has 0 bridgehead atoms. The molecular weight excluding hydrogens is 264 g/mol. The number of hydrogen-bond acceptors (Lipinski definition) is 5. The van der Waals surface area contributed by atoms with E-state index in [1.54, 1.807) is 0 Å². The van der Waals surface area contributed by atoms with Crippen LogP contribution in [0.25, 0.3) is 0 Å². The first-order valence-corrected chi connectivity index (χ1v) is 8.50. The van der Waals surface area contributed by atoms with Crippen LogP contribution in [0, 0.1) is 0 Å². The largest absolute Gasteiger partial charge is 0.339 e. The molecule has 1 aliphatic rings. The highest BCUT2D eigenvalue weighted by Gasteiger charge is 2.28. The minimum absolute atomic E-state index is 0.382. The summed E-state index contributed by atoms with van der Waals surface area (Å²) in [5.41, 5.74) is 0. The van der Waals surface area contributed by atoms with Gasteiger partial charge in [0.15, 0.2) is 5.82 Å². The zero-order valence-electron chi connectivity index (χ0n) is 13.8. The average molecular weight is 294 g/mol. The third-order valence-electron chi connectivity index (χ3n) is 4.73. The molecule has 1 aromatic heterocycles. The molecule has 1 heterocycles. The topological polar surface area (TPSA) is 54.2 Å². The van der Waals surface area contributed by atoms with Gasteiger partial charge < -0.3 is 14.7 Å². The highest BCUT2D eigenvalue weighted by atomic mass is 16.5. The molecule has 0 amide bonds. The Morgan fingerprint density at radius 2 is 1.95 bits per heavy atom. The lowest BCUT2D eigenvalue weighted by atomic mass is 9.95. The fraction of sp³-hybridized carbons (Fsp3) is 0.875. The Bertz CT molecular complexity index is 403. The van der Waals surface area contributed by atoms with Crippen LogP contribution in [0.5, 0.6) is 0 Å². The van der Waals surface area contributed by atoms with Gasteiger partial charge in [0.1, 0.15) is 0 Å². The molecule has 0 aromatic carbocycles. The average Bonchev–Trinajstić information content (AvgIpc) is 2.85. The van der Waals surface area contributed by atoms with Crippen LogP contribution in [0.2, 0.25) is 0 Å². The van der Waals surface area contributed by atoms with Crippen molar-refractivity contribution >= 4 is 0 Å². The maximum atomic E-state index is 5.57. The van der Waals surface area contributed by atoms with Crippen LogP contribution >= 0.6 is 0 Å². The SMILES string of the molecule is CCN(CC)CCc1noc(C2CCCCCC2NC)n1. The molecule has 1 aromatic rings. The van der Waals surface area contributed by atoms with Gasteiger partial charge in [0.25, 0.3) is 0 Å². The van der Waals surface area contributed by atoms with Crippen molar-refractivity contribution < 1.29 is 4.52 Å². The van der Waals surface area contributed by atoms with E-state index >= 15 is 0 Å². The Balaban J connectivity index is 1.97. The van der Waals surface area contributed by atoms with E-state index in [1.165, 1.54) is 25.7 Å².